The van der Waals surface area contributed by atoms with Gasteiger partial charge in [-0.05, 0) is 68.6 Å². The molecule has 1 saturated heterocycles. The summed E-state index contributed by atoms with van der Waals surface area (Å²) < 4.78 is 25.4. The molecule has 2 aromatic carbocycles. The van der Waals surface area contributed by atoms with E-state index in [0.29, 0.717) is 17.9 Å². The lowest BCUT2D eigenvalue weighted by molar-refractivity contribution is 0.328. The van der Waals surface area contributed by atoms with Gasteiger partial charge in [0.15, 0.2) is 9.84 Å². The van der Waals surface area contributed by atoms with Crippen molar-refractivity contribution in [1.29, 1.82) is 0 Å². The fourth-order valence-corrected chi connectivity index (χ4v) is 5.29. The molecule has 3 rings (SSSR count). The van der Waals surface area contributed by atoms with Crippen molar-refractivity contribution in [3.05, 3.63) is 60.2 Å². The van der Waals surface area contributed by atoms with Gasteiger partial charge in [-0.1, -0.05) is 36.8 Å². The van der Waals surface area contributed by atoms with Crippen LogP contribution in [0.25, 0.3) is 0 Å². The molecule has 1 atom stereocenters. The summed E-state index contributed by atoms with van der Waals surface area (Å²) in [7, 11) is -3.31. The quantitative estimate of drug-likeness (QED) is 0.718. The summed E-state index contributed by atoms with van der Waals surface area (Å²) in [5.41, 5.74) is 1.38. The average Bonchev–Trinajstić information content (AvgIpc) is 3.12. The minimum atomic E-state index is -3.31. The number of aromatic hydroxyl groups is 1. The number of phenolic OH excluding ortho intramolecular Hbond substituents is 1. The summed E-state index contributed by atoms with van der Waals surface area (Å²) in [5.74, 6) is 0.0903. The third-order valence-electron chi connectivity index (χ3n) is 5.12. The molecule has 1 aliphatic rings. The Labute approximate surface area is 156 Å². The molecule has 1 aliphatic heterocycles. The van der Waals surface area contributed by atoms with Crippen LogP contribution in [0.15, 0.2) is 59.5 Å². The van der Waals surface area contributed by atoms with Crippen molar-refractivity contribution in [3.63, 3.8) is 0 Å². The molecule has 1 N–H and O–H groups in total. The van der Waals surface area contributed by atoms with Crippen LogP contribution in [-0.4, -0.2) is 43.3 Å². The van der Waals surface area contributed by atoms with E-state index in [1.165, 1.54) is 42.7 Å². The molecule has 0 bridgehead atoms. The molecule has 4 nitrogen and oxygen atoms in total. The Morgan fingerprint density at radius 2 is 1.69 bits per heavy atom. The maximum atomic E-state index is 12.7. The van der Waals surface area contributed by atoms with E-state index in [1.807, 2.05) is 6.07 Å². The molecule has 2 aromatic rings. The maximum absolute atomic E-state index is 12.7. The molecule has 5 heteroatoms. The SMILES string of the molecule is O=S(=O)(c1ccc(O)cc1)C1CCN(CCCCCc2ccccc2)C1. The fourth-order valence-electron chi connectivity index (χ4n) is 3.57. The van der Waals surface area contributed by atoms with Crippen LogP contribution in [0, 0.1) is 0 Å². The standard InChI is InChI=1S/C21H27NO3S/c23-19-10-12-20(13-11-19)26(24,25)21-14-16-22(17-21)15-6-2-5-9-18-7-3-1-4-8-18/h1,3-4,7-8,10-13,21,23H,2,5-6,9,14-17H2. The Balaban J connectivity index is 1.41. The number of benzene rings is 2. The summed E-state index contributed by atoms with van der Waals surface area (Å²) in [6.07, 6.45) is 5.25. The monoisotopic (exact) mass is 373 g/mol. The number of phenols is 1. The Bertz CT molecular complexity index is 788. The summed E-state index contributed by atoms with van der Waals surface area (Å²) in [6, 6.07) is 16.4. The summed E-state index contributed by atoms with van der Waals surface area (Å²) >= 11 is 0. The number of hydrogen-bond acceptors (Lipinski definition) is 4. The first-order valence-electron chi connectivity index (χ1n) is 9.35. The first kappa shape index (κ1) is 18.9. The fraction of sp³-hybridized carbons (Fsp3) is 0.429. The maximum Gasteiger partial charge on any atom is 0.182 e. The van der Waals surface area contributed by atoms with Crippen molar-refractivity contribution in [2.24, 2.45) is 0 Å². The van der Waals surface area contributed by atoms with Crippen LogP contribution in [0.1, 0.15) is 31.2 Å². The summed E-state index contributed by atoms with van der Waals surface area (Å²) in [6.45, 7) is 2.43. The van der Waals surface area contributed by atoms with Gasteiger partial charge in [0.1, 0.15) is 5.75 Å². The molecule has 0 radical (unpaired) electrons. The lowest BCUT2D eigenvalue weighted by Crippen LogP contribution is -2.27. The number of hydrogen-bond donors (Lipinski definition) is 1. The minimum absolute atomic E-state index is 0.0903. The molecule has 1 heterocycles. The molecule has 1 fully saturated rings. The highest BCUT2D eigenvalue weighted by molar-refractivity contribution is 7.92. The van der Waals surface area contributed by atoms with Crippen LogP contribution in [0.4, 0.5) is 0 Å². The van der Waals surface area contributed by atoms with Gasteiger partial charge in [0.05, 0.1) is 10.1 Å². The van der Waals surface area contributed by atoms with Crippen molar-refractivity contribution in [2.75, 3.05) is 19.6 Å². The molecule has 26 heavy (non-hydrogen) atoms. The number of rotatable bonds is 8. The normalized spacial score (nSPS) is 18.2. The van der Waals surface area contributed by atoms with Crippen LogP contribution in [0.3, 0.4) is 0 Å². The van der Waals surface area contributed by atoms with Gasteiger partial charge in [-0.15, -0.1) is 0 Å². The smallest absolute Gasteiger partial charge is 0.182 e. The van der Waals surface area contributed by atoms with Crippen molar-refractivity contribution in [2.45, 2.75) is 42.2 Å². The van der Waals surface area contributed by atoms with Crippen LogP contribution >= 0.6 is 0 Å². The van der Waals surface area contributed by atoms with Gasteiger partial charge < -0.3 is 10.0 Å². The lowest BCUT2D eigenvalue weighted by Gasteiger charge is -2.16. The van der Waals surface area contributed by atoms with Crippen LogP contribution in [0.2, 0.25) is 0 Å². The number of nitrogens with zero attached hydrogens (tertiary/aromatic N) is 1. The van der Waals surface area contributed by atoms with Gasteiger partial charge in [-0.2, -0.15) is 0 Å². The minimum Gasteiger partial charge on any atom is -0.508 e. The van der Waals surface area contributed by atoms with Gasteiger partial charge >= 0.3 is 0 Å². The first-order chi connectivity index (χ1) is 12.6. The molecule has 0 spiro atoms. The van der Waals surface area contributed by atoms with Gasteiger partial charge in [0.2, 0.25) is 0 Å². The highest BCUT2D eigenvalue weighted by atomic mass is 32.2. The van der Waals surface area contributed by atoms with E-state index in [1.54, 1.807) is 0 Å². The van der Waals surface area contributed by atoms with Crippen molar-refractivity contribution >= 4 is 9.84 Å². The van der Waals surface area contributed by atoms with Crippen LogP contribution in [-0.2, 0) is 16.3 Å². The zero-order valence-corrected chi connectivity index (χ0v) is 15.9. The highest BCUT2D eigenvalue weighted by Crippen LogP contribution is 2.25. The van der Waals surface area contributed by atoms with E-state index in [2.05, 4.69) is 29.2 Å². The van der Waals surface area contributed by atoms with Crippen LogP contribution < -0.4 is 0 Å². The Morgan fingerprint density at radius 1 is 0.962 bits per heavy atom. The Kier molecular flexibility index (Phi) is 6.33. The van der Waals surface area contributed by atoms with E-state index in [9.17, 15) is 13.5 Å². The zero-order chi connectivity index (χ0) is 18.4. The number of sulfone groups is 1. The molecule has 0 amide bonds. The van der Waals surface area contributed by atoms with Gasteiger partial charge in [0.25, 0.3) is 0 Å². The number of aryl methyl sites for hydroxylation is 1. The van der Waals surface area contributed by atoms with E-state index in [-0.39, 0.29) is 11.0 Å². The largest absolute Gasteiger partial charge is 0.508 e. The highest BCUT2D eigenvalue weighted by Gasteiger charge is 2.33. The second kappa shape index (κ2) is 8.69. The molecular weight excluding hydrogens is 346 g/mol. The topological polar surface area (TPSA) is 57.6 Å². The van der Waals surface area contributed by atoms with Gasteiger partial charge in [0, 0.05) is 6.54 Å². The molecule has 0 saturated carbocycles. The van der Waals surface area contributed by atoms with Gasteiger partial charge in [-0.3, -0.25) is 0 Å². The Hall–Kier alpha value is -1.85. The van der Waals surface area contributed by atoms with E-state index in [4.69, 9.17) is 0 Å². The first-order valence-corrected chi connectivity index (χ1v) is 10.9. The predicted molar refractivity (Wildman–Crippen MR) is 104 cm³/mol. The molecule has 0 aliphatic carbocycles. The van der Waals surface area contributed by atoms with Gasteiger partial charge in [-0.25, -0.2) is 8.42 Å². The van der Waals surface area contributed by atoms with E-state index >= 15 is 0 Å². The summed E-state index contributed by atoms with van der Waals surface area (Å²) in [5, 5.41) is 9.00. The third kappa shape index (κ3) is 4.86. The van der Waals surface area contributed by atoms with Crippen LogP contribution in [0.5, 0.6) is 5.75 Å². The van der Waals surface area contributed by atoms with Crippen molar-refractivity contribution in [1.82, 2.24) is 4.90 Å². The number of unbranched alkanes of at least 4 members (excludes halogenated alkanes) is 2. The predicted octanol–water partition coefficient (Wildman–Crippen LogP) is 3.65. The van der Waals surface area contributed by atoms with E-state index < -0.39 is 9.84 Å². The molecule has 1 unspecified atom stereocenters. The lowest BCUT2D eigenvalue weighted by atomic mass is 10.1. The third-order valence-corrected chi connectivity index (χ3v) is 7.31. The van der Waals surface area contributed by atoms with Crippen molar-refractivity contribution in [3.8, 4) is 5.75 Å². The van der Waals surface area contributed by atoms with E-state index in [0.717, 1.165) is 25.9 Å². The second-order valence-corrected chi connectivity index (χ2v) is 9.27. The molecular formula is C21H27NO3S. The average molecular weight is 374 g/mol. The second-order valence-electron chi connectivity index (χ2n) is 7.05. The number of likely N-dealkylation sites (tertiary alicyclic amines) is 1. The molecule has 140 valence electrons. The summed E-state index contributed by atoms with van der Waals surface area (Å²) in [4.78, 5) is 2.58. The zero-order valence-electron chi connectivity index (χ0n) is 15.0. The van der Waals surface area contributed by atoms with Crippen molar-refractivity contribution < 1.29 is 13.5 Å². The molecule has 0 aromatic heterocycles. The Morgan fingerprint density at radius 3 is 2.42 bits per heavy atom.